The minimum Gasteiger partial charge on any atom is -0.506 e. The van der Waals surface area contributed by atoms with Gasteiger partial charge in [-0.2, -0.15) is 0 Å². The molecule has 0 unspecified atom stereocenters. The average molecular weight is 270 g/mol. The normalized spacial score (nSPS) is 17.8. The highest BCUT2D eigenvalue weighted by molar-refractivity contribution is 7.92. The number of phenols is 1. The topological polar surface area (TPSA) is 110 Å². The zero-order valence-corrected chi connectivity index (χ0v) is 9.98. The van der Waals surface area contributed by atoms with Crippen molar-refractivity contribution >= 4 is 15.5 Å². The Kier molecular flexibility index (Phi) is 2.95. The largest absolute Gasteiger partial charge is 0.506 e. The number of hydrogen-bond donors (Lipinski definition) is 2. The standard InChI is InChI=1S/C10H10N2O5S/c13-10-4-2-1-3-7(10)11-8-5-18(16,17)6-9(8)12(14)15/h1-4,11,13H,5-6H2. The molecule has 2 N–H and O–H groups in total. The highest BCUT2D eigenvalue weighted by Crippen LogP contribution is 2.27. The molecule has 8 heteroatoms. The van der Waals surface area contributed by atoms with Crippen LogP contribution in [0.3, 0.4) is 0 Å². The summed E-state index contributed by atoms with van der Waals surface area (Å²) in [6, 6.07) is 6.12. The molecule has 1 aliphatic heterocycles. The van der Waals surface area contributed by atoms with E-state index in [-0.39, 0.29) is 22.8 Å². The van der Waals surface area contributed by atoms with Crippen molar-refractivity contribution in [3.8, 4) is 5.75 Å². The summed E-state index contributed by atoms with van der Waals surface area (Å²) in [5.41, 5.74) is -0.135. The fraction of sp³-hybridized carbons (Fsp3) is 0.200. The van der Waals surface area contributed by atoms with Crippen LogP contribution in [0.5, 0.6) is 5.75 Å². The van der Waals surface area contributed by atoms with Crippen molar-refractivity contribution in [2.75, 3.05) is 16.8 Å². The highest BCUT2D eigenvalue weighted by Gasteiger charge is 2.36. The fourth-order valence-electron chi connectivity index (χ4n) is 1.66. The molecule has 0 saturated carbocycles. The predicted octanol–water partition coefficient (Wildman–Crippen LogP) is 0.721. The second kappa shape index (κ2) is 4.30. The number of hydrogen-bond acceptors (Lipinski definition) is 6. The van der Waals surface area contributed by atoms with E-state index in [1.54, 1.807) is 12.1 Å². The second-order valence-electron chi connectivity index (χ2n) is 3.86. The van der Waals surface area contributed by atoms with Crippen LogP contribution in [-0.2, 0) is 9.84 Å². The van der Waals surface area contributed by atoms with E-state index in [4.69, 9.17) is 0 Å². The number of rotatable bonds is 3. The zero-order chi connectivity index (χ0) is 13.3. The molecule has 1 aliphatic rings. The Balaban J connectivity index is 2.35. The third kappa shape index (κ3) is 2.43. The van der Waals surface area contributed by atoms with E-state index < -0.39 is 26.3 Å². The Bertz CT molecular complexity index is 635. The van der Waals surface area contributed by atoms with Crippen LogP contribution < -0.4 is 5.32 Å². The van der Waals surface area contributed by atoms with E-state index >= 15 is 0 Å². The molecule has 1 aromatic carbocycles. The SMILES string of the molecule is O=[N+]([O-])C1=C(Nc2ccccc2O)CS(=O)(=O)C1. The van der Waals surface area contributed by atoms with Gasteiger partial charge < -0.3 is 10.4 Å². The molecule has 0 atom stereocenters. The number of para-hydroxylation sites is 2. The van der Waals surface area contributed by atoms with Crippen molar-refractivity contribution in [2.24, 2.45) is 0 Å². The highest BCUT2D eigenvalue weighted by atomic mass is 32.2. The van der Waals surface area contributed by atoms with Crippen molar-refractivity contribution in [3.63, 3.8) is 0 Å². The van der Waals surface area contributed by atoms with Crippen LogP contribution >= 0.6 is 0 Å². The summed E-state index contributed by atoms with van der Waals surface area (Å²) in [6.07, 6.45) is 0. The van der Waals surface area contributed by atoms with Crippen LogP contribution in [0.4, 0.5) is 5.69 Å². The Morgan fingerprint density at radius 1 is 1.28 bits per heavy atom. The summed E-state index contributed by atoms with van der Waals surface area (Å²) in [6.45, 7) is 0. The maximum Gasteiger partial charge on any atom is 0.281 e. The molecule has 0 spiro atoms. The molecular formula is C10H10N2O5S. The van der Waals surface area contributed by atoms with Crippen molar-refractivity contribution in [1.82, 2.24) is 0 Å². The van der Waals surface area contributed by atoms with Crippen molar-refractivity contribution in [2.45, 2.75) is 0 Å². The monoisotopic (exact) mass is 270 g/mol. The minimum atomic E-state index is -3.48. The molecule has 0 amide bonds. The maximum atomic E-state index is 11.4. The lowest BCUT2D eigenvalue weighted by Gasteiger charge is -2.07. The van der Waals surface area contributed by atoms with Crippen LogP contribution in [0.15, 0.2) is 35.7 Å². The summed E-state index contributed by atoms with van der Waals surface area (Å²) < 4.78 is 22.8. The average Bonchev–Trinajstić information content (AvgIpc) is 2.57. The summed E-state index contributed by atoms with van der Waals surface area (Å²) in [5.74, 6) is -1.11. The first-order chi connectivity index (χ1) is 8.39. The van der Waals surface area contributed by atoms with Gasteiger partial charge in [-0.1, -0.05) is 12.1 Å². The van der Waals surface area contributed by atoms with Crippen LogP contribution in [0.25, 0.3) is 0 Å². The molecule has 0 bridgehead atoms. The summed E-state index contributed by atoms with van der Waals surface area (Å²) in [4.78, 5) is 10.0. The Morgan fingerprint density at radius 3 is 2.56 bits per heavy atom. The van der Waals surface area contributed by atoms with Gasteiger partial charge in [0.15, 0.2) is 9.84 Å². The zero-order valence-electron chi connectivity index (χ0n) is 9.16. The lowest BCUT2D eigenvalue weighted by molar-refractivity contribution is -0.424. The smallest absolute Gasteiger partial charge is 0.281 e. The summed E-state index contributed by atoms with van der Waals surface area (Å²) in [5, 5.41) is 22.9. The van der Waals surface area contributed by atoms with Gasteiger partial charge >= 0.3 is 0 Å². The quantitative estimate of drug-likeness (QED) is 0.476. The van der Waals surface area contributed by atoms with Crippen LogP contribution in [-0.4, -0.2) is 30.0 Å². The molecule has 7 nitrogen and oxygen atoms in total. The van der Waals surface area contributed by atoms with Gasteiger partial charge in [0, 0.05) is 0 Å². The molecule has 0 aliphatic carbocycles. The van der Waals surface area contributed by atoms with Gasteiger partial charge in [-0.05, 0) is 12.1 Å². The Morgan fingerprint density at radius 2 is 1.94 bits per heavy atom. The molecule has 0 aromatic heterocycles. The van der Waals surface area contributed by atoms with Gasteiger partial charge in [0.2, 0.25) is 0 Å². The van der Waals surface area contributed by atoms with Gasteiger partial charge in [-0.3, -0.25) is 10.1 Å². The van der Waals surface area contributed by atoms with Gasteiger partial charge in [0.25, 0.3) is 5.70 Å². The number of phenolic OH excluding ortho intramolecular Hbond substituents is 1. The molecule has 0 saturated heterocycles. The minimum absolute atomic E-state index is 0.00139. The Labute approximate surface area is 103 Å². The number of aromatic hydroxyl groups is 1. The molecule has 0 radical (unpaired) electrons. The van der Waals surface area contributed by atoms with Crippen molar-refractivity contribution in [1.29, 1.82) is 0 Å². The number of nitrogens with one attached hydrogen (secondary N) is 1. The third-order valence-corrected chi connectivity index (χ3v) is 3.92. The number of sulfone groups is 1. The number of benzene rings is 1. The van der Waals surface area contributed by atoms with Crippen LogP contribution in [0.1, 0.15) is 0 Å². The van der Waals surface area contributed by atoms with E-state index in [1.807, 2.05) is 0 Å². The molecule has 2 rings (SSSR count). The van der Waals surface area contributed by atoms with E-state index in [1.165, 1.54) is 12.1 Å². The molecular weight excluding hydrogens is 260 g/mol. The first-order valence-electron chi connectivity index (χ1n) is 5.01. The van der Waals surface area contributed by atoms with Gasteiger partial charge in [-0.25, -0.2) is 8.42 Å². The second-order valence-corrected chi connectivity index (χ2v) is 5.92. The van der Waals surface area contributed by atoms with E-state index in [2.05, 4.69) is 5.32 Å². The number of nitrogens with zero attached hydrogens (tertiary/aromatic N) is 1. The van der Waals surface area contributed by atoms with Gasteiger partial charge in [0.1, 0.15) is 17.2 Å². The van der Waals surface area contributed by atoms with E-state index in [0.29, 0.717) is 0 Å². The van der Waals surface area contributed by atoms with Gasteiger partial charge in [-0.15, -0.1) is 0 Å². The van der Waals surface area contributed by atoms with E-state index in [0.717, 1.165) is 0 Å². The molecule has 1 aromatic rings. The van der Waals surface area contributed by atoms with Crippen molar-refractivity contribution < 1.29 is 18.4 Å². The van der Waals surface area contributed by atoms with E-state index in [9.17, 15) is 23.6 Å². The maximum absolute atomic E-state index is 11.4. The van der Waals surface area contributed by atoms with Crippen LogP contribution in [0, 0.1) is 10.1 Å². The fourth-order valence-corrected chi connectivity index (χ4v) is 3.14. The van der Waals surface area contributed by atoms with Crippen LogP contribution in [0.2, 0.25) is 0 Å². The number of anilines is 1. The number of nitro groups is 1. The molecule has 0 fully saturated rings. The Hall–Kier alpha value is -2.09. The molecule has 18 heavy (non-hydrogen) atoms. The lowest BCUT2D eigenvalue weighted by atomic mass is 10.2. The first kappa shape index (κ1) is 12.4. The predicted molar refractivity (Wildman–Crippen MR) is 64.4 cm³/mol. The van der Waals surface area contributed by atoms with Crippen molar-refractivity contribution in [3.05, 3.63) is 45.8 Å². The summed E-state index contributed by atoms with van der Waals surface area (Å²) >= 11 is 0. The molecule has 96 valence electrons. The third-order valence-electron chi connectivity index (χ3n) is 2.48. The van der Waals surface area contributed by atoms with Gasteiger partial charge in [0.05, 0.1) is 16.4 Å². The summed E-state index contributed by atoms with van der Waals surface area (Å²) in [7, 11) is -3.48. The first-order valence-corrected chi connectivity index (χ1v) is 6.83. The lowest BCUT2D eigenvalue weighted by Crippen LogP contribution is -2.08. The molecule has 1 heterocycles.